The molecule has 1 atom stereocenters. The number of hydrogen-bond donors (Lipinski definition) is 2. The van der Waals surface area contributed by atoms with Gasteiger partial charge in [0.25, 0.3) is 11.8 Å². The number of carbonyl (C=O) groups is 4. The molecule has 2 heterocycles. The molecule has 0 radical (unpaired) electrons. The van der Waals surface area contributed by atoms with Crippen LogP contribution in [0, 0.1) is 11.3 Å². The first kappa shape index (κ1) is 33.1. The Labute approximate surface area is 270 Å². The van der Waals surface area contributed by atoms with Crippen molar-refractivity contribution in [1.82, 2.24) is 15.5 Å². The maximum atomic E-state index is 13.7. The molecule has 1 unspecified atom stereocenters. The van der Waals surface area contributed by atoms with Crippen LogP contribution in [0.2, 0.25) is 0 Å². The van der Waals surface area contributed by atoms with Gasteiger partial charge in [0, 0.05) is 38.2 Å². The Morgan fingerprint density at radius 1 is 0.978 bits per heavy atom. The number of fused-ring (bicyclic) bond motifs is 3. The van der Waals surface area contributed by atoms with Crippen LogP contribution in [-0.2, 0) is 32.0 Å². The second-order valence-corrected chi connectivity index (χ2v) is 12.4. The van der Waals surface area contributed by atoms with E-state index in [0.29, 0.717) is 55.4 Å². The van der Waals surface area contributed by atoms with Crippen LogP contribution in [0.3, 0.4) is 0 Å². The molecular formula is C35H45N3O8. The minimum absolute atomic E-state index is 0.131. The molecule has 1 saturated carbocycles. The number of ether oxygens (including phenoxy) is 4. The Balaban J connectivity index is 1.38. The smallest absolute Gasteiger partial charge is 0.314 e. The van der Waals surface area contributed by atoms with E-state index in [1.54, 1.807) is 30.0 Å². The Kier molecular flexibility index (Phi) is 11.0. The average molecular weight is 636 g/mol. The first-order chi connectivity index (χ1) is 22.3. The van der Waals surface area contributed by atoms with E-state index in [-0.39, 0.29) is 63.0 Å². The van der Waals surface area contributed by atoms with Gasteiger partial charge in [-0.25, -0.2) is 0 Å². The van der Waals surface area contributed by atoms with Crippen LogP contribution < -0.4 is 24.8 Å². The van der Waals surface area contributed by atoms with Gasteiger partial charge >= 0.3 is 5.97 Å². The van der Waals surface area contributed by atoms with E-state index in [2.05, 4.69) is 10.6 Å². The Hall–Kier alpha value is -4.28. The second kappa shape index (κ2) is 15.3. The topological polar surface area (TPSA) is 133 Å². The van der Waals surface area contributed by atoms with Gasteiger partial charge < -0.3 is 34.5 Å². The highest BCUT2D eigenvalue weighted by Crippen LogP contribution is 2.43. The van der Waals surface area contributed by atoms with Gasteiger partial charge in [-0.2, -0.15) is 0 Å². The van der Waals surface area contributed by atoms with E-state index in [1.807, 2.05) is 18.2 Å². The highest BCUT2D eigenvalue weighted by atomic mass is 16.5. The average Bonchev–Trinajstić information content (AvgIpc) is 3.88. The summed E-state index contributed by atoms with van der Waals surface area (Å²) in [6.45, 7) is 3.34. The van der Waals surface area contributed by atoms with E-state index in [4.69, 9.17) is 18.9 Å². The highest BCUT2D eigenvalue weighted by molar-refractivity contribution is 5.94. The van der Waals surface area contributed by atoms with Crippen molar-refractivity contribution in [3.63, 3.8) is 0 Å². The molecule has 11 heteroatoms. The van der Waals surface area contributed by atoms with Crippen molar-refractivity contribution in [2.24, 2.45) is 11.3 Å². The van der Waals surface area contributed by atoms with Gasteiger partial charge in [0.05, 0.1) is 25.7 Å². The lowest BCUT2D eigenvalue weighted by Crippen LogP contribution is -2.46. The molecule has 2 aliphatic heterocycles. The predicted octanol–water partition coefficient (Wildman–Crippen LogP) is 3.46. The van der Waals surface area contributed by atoms with Crippen molar-refractivity contribution in [1.29, 1.82) is 0 Å². The van der Waals surface area contributed by atoms with Crippen LogP contribution >= 0.6 is 0 Å². The van der Waals surface area contributed by atoms with Crippen molar-refractivity contribution < 1.29 is 38.1 Å². The summed E-state index contributed by atoms with van der Waals surface area (Å²) in [6.07, 6.45) is 5.30. The fourth-order valence-corrected chi connectivity index (χ4v) is 6.23. The molecule has 0 saturated heterocycles. The molecule has 3 amide bonds. The van der Waals surface area contributed by atoms with Crippen LogP contribution in [0.5, 0.6) is 17.2 Å². The van der Waals surface area contributed by atoms with Gasteiger partial charge in [-0.15, -0.1) is 0 Å². The molecule has 5 rings (SSSR count). The molecule has 2 aromatic carbocycles. The van der Waals surface area contributed by atoms with Crippen molar-refractivity contribution in [3.05, 3.63) is 53.1 Å². The largest absolute Gasteiger partial charge is 0.493 e. The number of methoxy groups -OCH3 is 1. The first-order valence-electron chi connectivity index (χ1n) is 16.4. The van der Waals surface area contributed by atoms with Gasteiger partial charge in [-0.05, 0) is 86.4 Å². The van der Waals surface area contributed by atoms with E-state index >= 15 is 0 Å². The molecule has 1 aliphatic carbocycles. The van der Waals surface area contributed by atoms with Gasteiger partial charge in [0.2, 0.25) is 5.91 Å². The van der Waals surface area contributed by atoms with Gasteiger partial charge in [0.15, 0.2) is 18.1 Å². The van der Waals surface area contributed by atoms with E-state index in [0.717, 1.165) is 42.6 Å². The monoisotopic (exact) mass is 635 g/mol. The van der Waals surface area contributed by atoms with E-state index < -0.39 is 5.41 Å². The van der Waals surface area contributed by atoms with Crippen LogP contribution in [-0.4, -0.2) is 81.7 Å². The van der Waals surface area contributed by atoms with E-state index in [9.17, 15) is 19.2 Å². The summed E-state index contributed by atoms with van der Waals surface area (Å²) in [5.74, 6) is 0.938. The number of benzene rings is 2. The number of hydrogen-bond acceptors (Lipinski definition) is 8. The fraction of sp³-hybridized carbons (Fsp3) is 0.543. The summed E-state index contributed by atoms with van der Waals surface area (Å²) in [5, 5.41) is 5.87. The lowest BCUT2D eigenvalue weighted by Gasteiger charge is -2.32. The van der Waals surface area contributed by atoms with Crippen LogP contribution in [0.1, 0.15) is 66.9 Å². The first-order valence-corrected chi connectivity index (χ1v) is 16.4. The lowest BCUT2D eigenvalue weighted by molar-refractivity contribution is -0.156. The molecule has 3 aliphatic rings. The van der Waals surface area contributed by atoms with Gasteiger partial charge in [-0.3, -0.25) is 19.2 Å². The number of nitrogens with zero attached hydrogens (tertiary/aromatic N) is 1. The molecule has 2 aromatic rings. The minimum Gasteiger partial charge on any atom is -0.493 e. The van der Waals surface area contributed by atoms with Crippen molar-refractivity contribution in [3.8, 4) is 17.2 Å². The van der Waals surface area contributed by atoms with Crippen molar-refractivity contribution in [2.75, 3.05) is 53.1 Å². The molecule has 248 valence electrons. The summed E-state index contributed by atoms with van der Waals surface area (Å²) in [6, 6.07) is 10.9. The number of amides is 3. The Morgan fingerprint density at radius 3 is 2.61 bits per heavy atom. The van der Waals surface area contributed by atoms with Gasteiger partial charge in [0.1, 0.15) is 5.75 Å². The number of rotatable bonds is 6. The van der Waals surface area contributed by atoms with Gasteiger partial charge in [-0.1, -0.05) is 18.9 Å². The standard InChI is InChI=1S/C35H45N3O8/c1-3-44-34(42)35(20-24-8-9-24)21-25-10-12-29(43-2)30(18-25)46-22-32(40)36-14-16-38(15-4-7-31(39)37-23-35)33(41)27-11-13-28-26(19-27)6-5-17-45-28/h10-13,18-19,24H,3-9,14-17,20-23H2,1-2H3,(H,36,40)(H,37,39). The summed E-state index contributed by atoms with van der Waals surface area (Å²) >= 11 is 0. The third-order valence-electron chi connectivity index (χ3n) is 8.82. The van der Waals surface area contributed by atoms with Crippen LogP contribution in [0.4, 0.5) is 0 Å². The third-order valence-corrected chi connectivity index (χ3v) is 8.82. The Bertz CT molecular complexity index is 1420. The molecule has 2 N–H and O–H groups in total. The fourth-order valence-electron chi connectivity index (χ4n) is 6.23. The summed E-state index contributed by atoms with van der Waals surface area (Å²) in [5.41, 5.74) is 1.37. The molecule has 0 aromatic heterocycles. The maximum Gasteiger partial charge on any atom is 0.314 e. The number of aryl methyl sites for hydroxylation is 1. The molecule has 46 heavy (non-hydrogen) atoms. The highest BCUT2D eigenvalue weighted by Gasteiger charge is 2.45. The van der Waals surface area contributed by atoms with Crippen LogP contribution in [0.15, 0.2) is 36.4 Å². The zero-order valence-corrected chi connectivity index (χ0v) is 26.9. The van der Waals surface area contributed by atoms with Crippen molar-refractivity contribution >= 4 is 23.7 Å². The molecule has 0 spiro atoms. The van der Waals surface area contributed by atoms with Crippen molar-refractivity contribution in [2.45, 2.75) is 58.3 Å². The molecule has 11 nitrogen and oxygen atoms in total. The van der Waals surface area contributed by atoms with Crippen LogP contribution in [0.25, 0.3) is 0 Å². The summed E-state index contributed by atoms with van der Waals surface area (Å²) < 4.78 is 22.7. The molecule has 1 fully saturated rings. The quantitative estimate of drug-likeness (QED) is 0.462. The normalized spacial score (nSPS) is 21.2. The maximum absolute atomic E-state index is 13.7. The lowest BCUT2D eigenvalue weighted by atomic mass is 9.76. The Morgan fingerprint density at radius 2 is 1.83 bits per heavy atom. The molecular weight excluding hydrogens is 590 g/mol. The minimum atomic E-state index is -0.973. The third kappa shape index (κ3) is 8.50. The SMILES string of the molecule is CCOC(=O)C1(CC2CC2)CNC(=O)CCCN(C(=O)c2ccc3c(c2)CCCO3)CCNC(=O)COc2cc(ccc2OC)C1. The second-order valence-electron chi connectivity index (χ2n) is 12.4. The predicted molar refractivity (Wildman–Crippen MR) is 170 cm³/mol. The number of carbonyl (C=O) groups excluding carboxylic acids is 4. The van der Waals surface area contributed by atoms with E-state index in [1.165, 1.54) is 7.11 Å². The zero-order valence-electron chi connectivity index (χ0n) is 26.9. The summed E-state index contributed by atoms with van der Waals surface area (Å²) in [7, 11) is 1.52. The number of esters is 1. The summed E-state index contributed by atoms with van der Waals surface area (Å²) in [4.78, 5) is 54.9. The zero-order chi connectivity index (χ0) is 32.5. The number of nitrogens with one attached hydrogen (secondary N) is 2. The molecule has 2 bridgehead atoms.